The lowest BCUT2D eigenvalue weighted by molar-refractivity contribution is 0.0935. The minimum atomic E-state index is -0.217. The highest BCUT2D eigenvalue weighted by atomic mass is 16.1. The Balaban J connectivity index is 1.87. The zero-order chi connectivity index (χ0) is 19.1. The summed E-state index contributed by atoms with van der Waals surface area (Å²) in [5.74, 6) is 0.975. The number of anilines is 1. The highest BCUT2D eigenvalue weighted by Crippen LogP contribution is 2.19. The fourth-order valence-electron chi connectivity index (χ4n) is 2.72. The van der Waals surface area contributed by atoms with Crippen LogP contribution >= 0.6 is 0 Å². The predicted molar refractivity (Wildman–Crippen MR) is 109 cm³/mol. The molecule has 3 aromatic rings. The molecule has 1 unspecified atom stereocenters. The first-order valence-corrected chi connectivity index (χ1v) is 9.21. The summed E-state index contributed by atoms with van der Waals surface area (Å²) in [6, 6.07) is 21.1. The fraction of sp³-hybridized carbons (Fsp3) is 0.227. The van der Waals surface area contributed by atoms with Crippen LogP contribution in [0.3, 0.4) is 0 Å². The maximum Gasteiger partial charge on any atom is 0.270 e. The summed E-state index contributed by atoms with van der Waals surface area (Å²) in [6.45, 7) is 4.83. The second-order valence-electron chi connectivity index (χ2n) is 6.36. The average Bonchev–Trinajstić information content (AvgIpc) is 2.73. The Bertz CT molecular complexity index is 881. The average molecular weight is 360 g/mol. The molecule has 27 heavy (non-hydrogen) atoms. The molecule has 5 heteroatoms. The molecule has 2 aromatic carbocycles. The van der Waals surface area contributed by atoms with Gasteiger partial charge in [-0.2, -0.15) is 0 Å². The van der Waals surface area contributed by atoms with E-state index in [1.165, 1.54) is 0 Å². The third-order valence-electron chi connectivity index (χ3n) is 4.19. The predicted octanol–water partition coefficient (Wildman–Crippen LogP) is 4.46. The SMILES string of the molecule is CCCNc1cc(C(=O)NC(C)c2ccccc2)nc(-c2ccccc2)n1. The second-order valence-corrected chi connectivity index (χ2v) is 6.36. The van der Waals surface area contributed by atoms with Gasteiger partial charge in [-0.15, -0.1) is 0 Å². The van der Waals surface area contributed by atoms with Crippen molar-refractivity contribution in [3.8, 4) is 11.4 Å². The van der Waals surface area contributed by atoms with E-state index in [9.17, 15) is 4.79 Å². The summed E-state index contributed by atoms with van der Waals surface area (Å²) < 4.78 is 0. The van der Waals surface area contributed by atoms with Crippen molar-refractivity contribution < 1.29 is 4.79 Å². The van der Waals surface area contributed by atoms with Crippen molar-refractivity contribution >= 4 is 11.7 Å². The number of carbonyl (C=O) groups is 1. The normalized spacial score (nSPS) is 11.6. The Kier molecular flexibility index (Phi) is 6.15. The molecule has 1 heterocycles. The van der Waals surface area contributed by atoms with Gasteiger partial charge in [0.2, 0.25) is 0 Å². The zero-order valence-corrected chi connectivity index (χ0v) is 15.6. The van der Waals surface area contributed by atoms with Crippen LogP contribution in [0, 0.1) is 0 Å². The summed E-state index contributed by atoms with van der Waals surface area (Å²) in [4.78, 5) is 21.9. The maximum absolute atomic E-state index is 12.8. The van der Waals surface area contributed by atoms with Crippen molar-refractivity contribution in [1.29, 1.82) is 0 Å². The van der Waals surface area contributed by atoms with Gasteiger partial charge in [-0.3, -0.25) is 4.79 Å². The van der Waals surface area contributed by atoms with E-state index in [-0.39, 0.29) is 11.9 Å². The first-order valence-electron chi connectivity index (χ1n) is 9.21. The number of nitrogens with zero attached hydrogens (tertiary/aromatic N) is 2. The number of aromatic nitrogens is 2. The first kappa shape index (κ1) is 18.6. The number of hydrogen-bond donors (Lipinski definition) is 2. The van der Waals surface area contributed by atoms with Gasteiger partial charge in [0.1, 0.15) is 11.5 Å². The van der Waals surface area contributed by atoms with Crippen LogP contribution in [-0.4, -0.2) is 22.4 Å². The summed E-state index contributed by atoms with van der Waals surface area (Å²) in [5.41, 5.74) is 2.28. The lowest BCUT2D eigenvalue weighted by atomic mass is 10.1. The fourth-order valence-corrected chi connectivity index (χ4v) is 2.72. The van der Waals surface area contributed by atoms with Crippen LogP contribution in [0.25, 0.3) is 11.4 Å². The van der Waals surface area contributed by atoms with E-state index in [2.05, 4.69) is 27.5 Å². The number of amides is 1. The molecule has 0 saturated carbocycles. The molecule has 5 nitrogen and oxygen atoms in total. The van der Waals surface area contributed by atoms with Gasteiger partial charge in [0.25, 0.3) is 5.91 Å². The van der Waals surface area contributed by atoms with E-state index in [1.54, 1.807) is 6.07 Å². The van der Waals surface area contributed by atoms with E-state index in [1.807, 2.05) is 67.6 Å². The molecule has 2 N–H and O–H groups in total. The van der Waals surface area contributed by atoms with Gasteiger partial charge in [0.05, 0.1) is 6.04 Å². The minimum Gasteiger partial charge on any atom is -0.370 e. The Hall–Kier alpha value is -3.21. The van der Waals surface area contributed by atoms with Crippen LogP contribution in [0.15, 0.2) is 66.7 Å². The van der Waals surface area contributed by atoms with Gasteiger partial charge in [-0.1, -0.05) is 67.6 Å². The molecule has 1 aromatic heterocycles. The summed E-state index contributed by atoms with van der Waals surface area (Å²) in [6.07, 6.45) is 0.969. The van der Waals surface area contributed by atoms with E-state index < -0.39 is 0 Å². The second kappa shape index (κ2) is 8.94. The Labute approximate surface area is 159 Å². The molecule has 0 fully saturated rings. The first-order chi connectivity index (χ1) is 13.2. The molecule has 0 bridgehead atoms. The van der Waals surface area contributed by atoms with Crippen LogP contribution < -0.4 is 10.6 Å². The van der Waals surface area contributed by atoms with Crippen LogP contribution in [-0.2, 0) is 0 Å². The van der Waals surface area contributed by atoms with Crippen molar-refractivity contribution in [3.63, 3.8) is 0 Å². The largest absolute Gasteiger partial charge is 0.370 e. The molecule has 1 atom stereocenters. The van der Waals surface area contributed by atoms with Gasteiger partial charge in [-0.25, -0.2) is 9.97 Å². The van der Waals surface area contributed by atoms with E-state index in [4.69, 9.17) is 0 Å². The Morgan fingerprint density at radius 2 is 1.67 bits per heavy atom. The highest BCUT2D eigenvalue weighted by Gasteiger charge is 2.16. The quantitative estimate of drug-likeness (QED) is 0.653. The highest BCUT2D eigenvalue weighted by molar-refractivity contribution is 5.93. The van der Waals surface area contributed by atoms with Gasteiger partial charge in [0.15, 0.2) is 5.82 Å². The van der Waals surface area contributed by atoms with Crippen LogP contribution in [0.1, 0.15) is 42.4 Å². The van der Waals surface area contributed by atoms with Crippen molar-refractivity contribution in [2.45, 2.75) is 26.3 Å². The third kappa shape index (κ3) is 4.91. The van der Waals surface area contributed by atoms with Gasteiger partial charge < -0.3 is 10.6 Å². The summed E-state index contributed by atoms with van der Waals surface area (Å²) in [5, 5.41) is 6.27. The Morgan fingerprint density at radius 1 is 1.00 bits per heavy atom. The van der Waals surface area contributed by atoms with Crippen molar-refractivity contribution in [2.75, 3.05) is 11.9 Å². The van der Waals surface area contributed by atoms with E-state index in [0.717, 1.165) is 24.1 Å². The number of rotatable bonds is 7. The third-order valence-corrected chi connectivity index (χ3v) is 4.19. The van der Waals surface area contributed by atoms with Crippen molar-refractivity contribution in [1.82, 2.24) is 15.3 Å². The van der Waals surface area contributed by atoms with E-state index >= 15 is 0 Å². The molecular formula is C22H24N4O. The zero-order valence-electron chi connectivity index (χ0n) is 15.6. The number of benzene rings is 2. The molecule has 0 aliphatic carbocycles. The molecule has 138 valence electrons. The molecular weight excluding hydrogens is 336 g/mol. The van der Waals surface area contributed by atoms with Crippen molar-refractivity contribution in [2.24, 2.45) is 0 Å². The lowest BCUT2D eigenvalue weighted by Gasteiger charge is -2.15. The molecule has 1 amide bonds. The van der Waals surface area contributed by atoms with E-state index in [0.29, 0.717) is 17.3 Å². The minimum absolute atomic E-state index is 0.110. The Morgan fingerprint density at radius 3 is 2.33 bits per heavy atom. The maximum atomic E-state index is 12.8. The smallest absolute Gasteiger partial charge is 0.270 e. The van der Waals surface area contributed by atoms with Crippen molar-refractivity contribution in [3.05, 3.63) is 78.0 Å². The molecule has 0 spiro atoms. The van der Waals surface area contributed by atoms with Crippen LogP contribution in [0.4, 0.5) is 5.82 Å². The van der Waals surface area contributed by atoms with Gasteiger partial charge >= 0.3 is 0 Å². The summed E-state index contributed by atoms with van der Waals surface area (Å²) in [7, 11) is 0. The van der Waals surface area contributed by atoms with Crippen LogP contribution in [0.2, 0.25) is 0 Å². The molecule has 0 aliphatic rings. The standard InChI is InChI=1S/C22H24N4O/c1-3-14-23-20-15-19(25-21(26-20)18-12-8-5-9-13-18)22(27)24-16(2)17-10-6-4-7-11-17/h4-13,15-16H,3,14H2,1-2H3,(H,24,27)(H,23,25,26). The molecule has 0 radical (unpaired) electrons. The van der Waals surface area contributed by atoms with Crippen LogP contribution in [0.5, 0.6) is 0 Å². The van der Waals surface area contributed by atoms with Gasteiger partial charge in [-0.05, 0) is 18.9 Å². The number of carbonyl (C=O) groups excluding carboxylic acids is 1. The summed E-state index contributed by atoms with van der Waals surface area (Å²) >= 11 is 0. The molecule has 3 rings (SSSR count). The van der Waals surface area contributed by atoms with Gasteiger partial charge in [0, 0.05) is 18.2 Å². The lowest BCUT2D eigenvalue weighted by Crippen LogP contribution is -2.27. The molecule has 0 saturated heterocycles. The number of hydrogen-bond acceptors (Lipinski definition) is 4. The topological polar surface area (TPSA) is 66.9 Å². The monoisotopic (exact) mass is 360 g/mol. The molecule has 0 aliphatic heterocycles. The number of nitrogens with one attached hydrogen (secondary N) is 2.